The normalized spacial score (nSPS) is 12.9. The van der Waals surface area contributed by atoms with Crippen LogP contribution in [0.5, 0.6) is 0 Å². The van der Waals surface area contributed by atoms with Gasteiger partial charge in [0.15, 0.2) is 6.29 Å². The minimum atomic E-state index is -0.481. The van der Waals surface area contributed by atoms with E-state index in [2.05, 4.69) is 37.9 Å². The zero-order valence-electron chi connectivity index (χ0n) is 50.7. The average Bonchev–Trinajstić information content (AvgIpc) is 3.98. The molecule has 1 aliphatic heterocycles. The van der Waals surface area contributed by atoms with E-state index in [0.717, 1.165) is 103 Å². The number of alkyl carbamates (subject to hydrolysis) is 1. The second-order valence-corrected chi connectivity index (χ2v) is 22.2. The van der Waals surface area contributed by atoms with Crippen LogP contribution in [0, 0.1) is 0 Å². The highest BCUT2D eigenvalue weighted by molar-refractivity contribution is 5.71. The summed E-state index contributed by atoms with van der Waals surface area (Å²) in [5, 5.41) is 2.89. The van der Waals surface area contributed by atoms with Crippen molar-refractivity contribution in [1.82, 2.24) is 10.2 Å². The van der Waals surface area contributed by atoms with Gasteiger partial charge in [-0.15, -0.1) is 0 Å². The number of amides is 1. The lowest BCUT2D eigenvalue weighted by Crippen LogP contribution is -2.35. The zero-order chi connectivity index (χ0) is 57.1. The first kappa shape index (κ1) is 71.4. The predicted octanol–water partition coefficient (Wildman–Crippen LogP) is 16.0. The molecule has 1 saturated heterocycles. The van der Waals surface area contributed by atoms with Crippen LogP contribution >= 0.6 is 0 Å². The molecule has 1 unspecified atom stereocenters. The maximum absolute atomic E-state index is 13.3. The third-order valence-electron chi connectivity index (χ3n) is 14.7. The van der Waals surface area contributed by atoms with Gasteiger partial charge in [-0.3, -0.25) is 19.2 Å². The van der Waals surface area contributed by atoms with E-state index in [9.17, 15) is 24.0 Å². The minimum absolute atomic E-state index is 0.00290. The maximum atomic E-state index is 13.3. The fourth-order valence-corrected chi connectivity index (χ4v) is 9.86. The molecule has 0 radical (unpaired) electrons. The quantitative estimate of drug-likeness (QED) is 0.0284. The van der Waals surface area contributed by atoms with Crippen LogP contribution in [0.25, 0.3) is 0 Å². The summed E-state index contributed by atoms with van der Waals surface area (Å²) in [5.41, 5.74) is 2.01. The van der Waals surface area contributed by atoms with Crippen LogP contribution in [0.15, 0.2) is 18.2 Å². The first-order valence-electron chi connectivity index (χ1n) is 32.3. The lowest BCUT2D eigenvalue weighted by atomic mass is 10.1. The summed E-state index contributed by atoms with van der Waals surface area (Å²) >= 11 is 0. The van der Waals surface area contributed by atoms with Gasteiger partial charge in [0.25, 0.3) is 0 Å². The molecule has 0 saturated carbocycles. The van der Waals surface area contributed by atoms with Crippen molar-refractivity contribution in [2.45, 2.75) is 304 Å². The van der Waals surface area contributed by atoms with Gasteiger partial charge in [-0.25, -0.2) is 4.79 Å². The smallest absolute Gasteiger partial charge is 0.407 e. The Morgan fingerprint density at radius 1 is 0.430 bits per heavy atom. The number of hydrogen-bond donors (Lipinski definition) is 1. The number of hydrogen-bond acceptors (Lipinski definition) is 13. The highest BCUT2D eigenvalue weighted by atomic mass is 16.7. The fraction of sp³-hybridized carbons (Fsp3) is 0.831. The highest BCUT2D eigenvalue weighted by Crippen LogP contribution is 2.20. The number of rotatable bonds is 54. The molecule has 14 heteroatoms. The fourth-order valence-electron chi connectivity index (χ4n) is 9.86. The molecule has 0 aromatic heterocycles. The molecule has 1 aromatic rings. The van der Waals surface area contributed by atoms with Crippen molar-refractivity contribution in [3.05, 3.63) is 34.9 Å². The summed E-state index contributed by atoms with van der Waals surface area (Å²) in [6.45, 7) is 13.9. The molecule has 1 aliphatic rings. The average molecular weight is 1120 g/mol. The van der Waals surface area contributed by atoms with Crippen LogP contribution in [-0.2, 0) is 72.2 Å². The Kier molecular flexibility index (Phi) is 46.2. The van der Waals surface area contributed by atoms with Gasteiger partial charge in [0.1, 0.15) is 25.9 Å². The number of nitrogens with zero attached hydrogens (tertiary/aromatic N) is 1. The molecule has 1 fully saturated rings. The van der Waals surface area contributed by atoms with Crippen molar-refractivity contribution in [2.75, 3.05) is 46.0 Å². The number of carbonyl (C=O) groups excluding carboxylic acids is 5. The Balaban J connectivity index is 1.97. The molecular formula is C65H114N2O12. The lowest BCUT2D eigenvalue weighted by molar-refractivity contribution is -0.160. The van der Waals surface area contributed by atoms with Gasteiger partial charge >= 0.3 is 30.0 Å². The molecule has 1 aromatic carbocycles. The highest BCUT2D eigenvalue weighted by Gasteiger charge is 2.19. The molecule has 0 aliphatic carbocycles. The molecule has 1 N–H and O–H groups in total. The topological polar surface area (TPSA) is 165 Å². The molecule has 1 atom stereocenters. The van der Waals surface area contributed by atoms with Gasteiger partial charge in [0.2, 0.25) is 0 Å². The van der Waals surface area contributed by atoms with Gasteiger partial charge in [-0.05, 0) is 112 Å². The molecule has 1 heterocycles. The third-order valence-corrected chi connectivity index (χ3v) is 14.7. The predicted molar refractivity (Wildman–Crippen MR) is 315 cm³/mol. The van der Waals surface area contributed by atoms with Gasteiger partial charge in [0, 0.05) is 52.0 Å². The Morgan fingerprint density at radius 3 is 1.28 bits per heavy atom. The van der Waals surface area contributed by atoms with Crippen LogP contribution in [-0.4, -0.2) is 93.3 Å². The van der Waals surface area contributed by atoms with E-state index in [0.29, 0.717) is 75.2 Å². The summed E-state index contributed by atoms with van der Waals surface area (Å²) in [7, 11) is 0. The standard InChI is InChI=1S/C65H114N2O12/c1-5-9-13-17-20-21-22-27-33-47-73-60(68)37-29-23-24-30-38-61(69)76-53-56-50-57(54-77-62(70)40-39-59(36-28-16-12-8-4)79-65(72)66-43-46-67-44-31-32-45-67)52-58(51-56)55-78-63(71)41-42-64(74-48-34-25-18-14-10-6-2)75-49-35-26-19-15-11-7-3/h50-52,59,64H,5-49,53-55H2,1-4H3,(H,66,72). The van der Waals surface area contributed by atoms with Gasteiger partial charge in [-0.2, -0.15) is 0 Å². The van der Waals surface area contributed by atoms with Crippen molar-refractivity contribution in [3.63, 3.8) is 0 Å². The van der Waals surface area contributed by atoms with E-state index in [-0.39, 0.29) is 57.0 Å². The van der Waals surface area contributed by atoms with Crippen molar-refractivity contribution in [2.24, 2.45) is 0 Å². The van der Waals surface area contributed by atoms with Crippen molar-refractivity contribution in [1.29, 1.82) is 0 Å². The molecule has 2 rings (SSSR count). The third kappa shape index (κ3) is 42.7. The van der Waals surface area contributed by atoms with Crippen LogP contribution in [0.1, 0.15) is 288 Å². The van der Waals surface area contributed by atoms with E-state index in [1.807, 2.05) is 18.2 Å². The minimum Gasteiger partial charge on any atom is -0.466 e. The Hall–Kier alpha value is -3.75. The number of benzene rings is 1. The molecule has 14 nitrogen and oxygen atoms in total. The first-order valence-corrected chi connectivity index (χ1v) is 32.3. The molecule has 1 amide bonds. The largest absolute Gasteiger partial charge is 0.466 e. The van der Waals surface area contributed by atoms with E-state index < -0.39 is 24.5 Å². The molecule has 79 heavy (non-hydrogen) atoms. The van der Waals surface area contributed by atoms with Crippen molar-refractivity contribution < 1.29 is 57.1 Å². The summed E-state index contributed by atoms with van der Waals surface area (Å²) in [6, 6.07) is 5.51. The van der Waals surface area contributed by atoms with E-state index in [1.54, 1.807) is 0 Å². The lowest BCUT2D eigenvalue weighted by Gasteiger charge is -2.19. The summed E-state index contributed by atoms with van der Waals surface area (Å²) in [6.07, 6.45) is 35.3. The molecular weight excluding hydrogens is 1000 g/mol. The zero-order valence-corrected chi connectivity index (χ0v) is 50.7. The van der Waals surface area contributed by atoms with Crippen LogP contribution in [0.2, 0.25) is 0 Å². The summed E-state index contributed by atoms with van der Waals surface area (Å²) in [4.78, 5) is 66.8. The summed E-state index contributed by atoms with van der Waals surface area (Å²) in [5.74, 6) is -1.27. The number of ether oxygens (including phenoxy) is 7. The van der Waals surface area contributed by atoms with E-state index in [4.69, 9.17) is 33.2 Å². The first-order chi connectivity index (χ1) is 38.6. The molecule has 456 valence electrons. The Bertz CT molecular complexity index is 1650. The van der Waals surface area contributed by atoms with Gasteiger partial charge in [0.05, 0.1) is 13.0 Å². The van der Waals surface area contributed by atoms with Gasteiger partial charge in [-0.1, -0.05) is 175 Å². The second-order valence-electron chi connectivity index (χ2n) is 22.2. The summed E-state index contributed by atoms with van der Waals surface area (Å²) < 4.78 is 40.9. The van der Waals surface area contributed by atoms with Crippen molar-refractivity contribution >= 4 is 30.0 Å². The van der Waals surface area contributed by atoms with Crippen LogP contribution in [0.3, 0.4) is 0 Å². The number of unbranched alkanes of at least 4 members (excludes halogenated alkanes) is 24. The van der Waals surface area contributed by atoms with Crippen LogP contribution < -0.4 is 5.32 Å². The number of likely N-dealkylation sites (tertiary alicyclic amines) is 1. The maximum Gasteiger partial charge on any atom is 0.407 e. The Labute approximate surface area is 480 Å². The van der Waals surface area contributed by atoms with E-state index in [1.165, 1.54) is 109 Å². The number of carbonyl (C=O) groups is 5. The van der Waals surface area contributed by atoms with E-state index >= 15 is 0 Å². The SMILES string of the molecule is CCCCCCCCCCCOC(=O)CCCCCCC(=O)OCc1cc(COC(=O)CCC(CCCCCC)OC(=O)NCCN2CCCC2)cc(COC(=O)CCC(OCCCCCCCC)OCCCCCCCC)c1. The number of esters is 4. The molecule has 0 bridgehead atoms. The molecule has 0 spiro atoms. The van der Waals surface area contributed by atoms with Gasteiger partial charge < -0.3 is 43.4 Å². The Morgan fingerprint density at radius 2 is 0.810 bits per heavy atom. The second kappa shape index (κ2) is 51.2. The van der Waals surface area contributed by atoms with Crippen LogP contribution in [0.4, 0.5) is 4.79 Å². The monoisotopic (exact) mass is 1110 g/mol. The number of nitrogens with one attached hydrogen (secondary N) is 1. The van der Waals surface area contributed by atoms with Crippen molar-refractivity contribution in [3.8, 4) is 0 Å².